The van der Waals surface area contributed by atoms with Gasteiger partial charge in [-0.25, -0.2) is 0 Å². The quantitative estimate of drug-likeness (QED) is 0.895. The summed E-state index contributed by atoms with van der Waals surface area (Å²) >= 11 is 0. The van der Waals surface area contributed by atoms with Crippen LogP contribution in [-0.4, -0.2) is 36.7 Å². The van der Waals surface area contributed by atoms with Crippen molar-refractivity contribution >= 4 is 12.4 Å². The normalized spacial score (nSPS) is 25.0. The first-order chi connectivity index (χ1) is 10.6. The van der Waals surface area contributed by atoms with Crippen LogP contribution in [0.3, 0.4) is 0 Å². The van der Waals surface area contributed by atoms with Gasteiger partial charge in [0.25, 0.3) is 0 Å². The van der Waals surface area contributed by atoms with Crippen LogP contribution in [0.15, 0.2) is 18.2 Å². The lowest BCUT2D eigenvalue weighted by atomic mass is 9.78. The highest BCUT2D eigenvalue weighted by molar-refractivity contribution is 5.85. The maximum atomic E-state index is 6.24. The molecule has 23 heavy (non-hydrogen) atoms. The number of fused-ring (bicyclic) bond motifs is 1. The Morgan fingerprint density at radius 1 is 1.17 bits per heavy atom. The van der Waals surface area contributed by atoms with Gasteiger partial charge in [0.1, 0.15) is 11.4 Å². The molecule has 1 spiro atoms. The van der Waals surface area contributed by atoms with Crippen molar-refractivity contribution in [3.63, 3.8) is 0 Å². The Kier molecular flexibility index (Phi) is 4.65. The monoisotopic (exact) mass is 336 g/mol. The number of hydrogen-bond acceptors (Lipinski definition) is 3. The van der Waals surface area contributed by atoms with E-state index in [2.05, 4.69) is 42.3 Å². The molecule has 2 fully saturated rings. The number of nitrogens with one attached hydrogen (secondary N) is 1. The first-order valence-electron chi connectivity index (χ1n) is 8.78. The second-order valence-corrected chi connectivity index (χ2v) is 8.15. The minimum Gasteiger partial charge on any atom is -0.487 e. The molecular weight excluding hydrogens is 308 g/mol. The summed E-state index contributed by atoms with van der Waals surface area (Å²) in [5, 5.41) is 3.50. The smallest absolute Gasteiger partial charge is 0.127 e. The standard InChI is InChI=1S/C19H28N2O.ClH/c1-18(2)12-15-4-3-5-16(17(15)22-18)13-21-11-8-19(14-21)6-9-20-10-7-19;/h3-5,20H,6-14H2,1-2H3;1H. The Balaban J connectivity index is 0.00000156. The van der Waals surface area contributed by atoms with Crippen molar-refractivity contribution < 1.29 is 4.74 Å². The van der Waals surface area contributed by atoms with Gasteiger partial charge in [0.2, 0.25) is 0 Å². The van der Waals surface area contributed by atoms with Crippen LogP contribution in [0.4, 0.5) is 0 Å². The van der Waals surface area contributed by atoms with E-state index in [0.29, 0.717) is 5.41 Å². The molecule has 4 heteroatoms. The van der Waals surface area contributed by atoms with E-state index in [1.165, 1.54) is 62.3 Å². The summed E-state index contributed by atoms with van der Waals surface area (Å²) in [6.07, 6.45) is 5.10. The van der Waals surface area contributed by atoms with E-state index in [4.69, 9.17) is 4.74 Å². The van der Waals surface area contributed by atoms with Crippen molar-refractivity contribution in [1.82, 2.24) is 10.2 Å². The van der Waals surface area contributed by atoms with E-state index < -0.39 is 0 Å². The topological polar surface area (TPSA) is 24.5 Å². The van der Waals surface area contributed by atoms with Crippen molar-refractivity contribution in [3.05, 3.63) is 29.3 Å². The third-order valence-corrected chi connectivity index (χ3v) is 5.75. The van der Waals surface area contributed by atoms with Crippen LogP contribution < -0.4 is 10.1 Å². The summed E-state index contributed by atoms with van der Waals surface area (Å²) in [6, 6.07) is 6.69. The van der Waals surface area contributed by atoms with Crippen LogP contribution in [0.25, 0.3) is 0 Å². The Morgan fingerprint density at radius 2 is 1.96 bits per heavy atom. The number of ether oxygens (including phenoxy) is 1. The Bertz CT molecular complexity index is 566. The Labute approximate surface area is 146 Å². The molecule has 0 aliphatic carbocycles. The molecule has 3 heterocycles. The van der Waals surface area contributed by atoms with Crippen molar-refractivity contribution in [2.75, 3.05) is 26.2 Å². The van der Waals surface area contributed by atoms with E-state index >= 15 is 0 Å². The summed E-state index contributed by atoms with van der Waals surface area (Å²) < 4.78 is 6.24. The minimum atomic E-state index is -0.0420. The molecule has 0 bridgehead atoms. The fraction of sp³-hybridized carbons (Fsp3) is 0.684. The Hall–Kier alpha value is -0.770. The average molecular weight is 337 g/mol. The molecular formula is C19H29ClN2O. The molecule has 3 aliphatic heterocycles. The number of benzene rings is 1. The second-order valence-electron chi connectivity index (χ2n) is 8.15. The van der Waals surface area contributed by atoms with Crippen LogP contribution in [0.1, 0.15) is 44.2 Å². The number of piperidine rings is 1. The summed E-state index contributed by atoms with van der Waals surface area (Å²) in [6.45, 7) is 10.3. The maximum Gasteiger partial charge on any atom is 0.127 e. The number of halogens is 1. The molecule has 1 aromatic carbocycles. The van der Waals surface area contributed by atoms with Crippen molar-refractivity contribution in [1.29, 1.82) is 0 Å². The van der Waals surface area contributed by atoms with Crippen molar-refractivity contribution in [2.24, 2.45) is 5.41 Å². The van der Waals surface area contributed by atoms with E-state index in [0.717, 1.165) is 13.0 Å². The van der Waals surface area contributed by atoms with Gasteiger partial charge in [-0.05, 0) is 63.7 Å². The molecule has 0 amide bonds. The summed E-state index contributed by atoms with van der Waals surface area (Å²) in [5.74, 6) is 1.17. The van der Waals surface area contributed by atoms with Gasteiger partial charge in [-0.15, -0.1) is 12.4 Å². The summed E-state index contributed by atoms with van der Waals surface area (Å²) in [5.41, 5.74) is 3.32. The summed E-state index contributed by atoms with van der Waals surface area (Å²) in [7, 11) is 0. The Morgan fingerprint density at radius 3 is 2.74 bits per heavy atom. The fourth-order valence-electron chi connectivity index (χ4n) is 4.57. The summed E-state index contributed by atoms with van der Waals surface area (Å²) in [4.78, 5) is 2.65. The van der Waals surface area contributed by atoms with E-state index in [9.17, 15) is 0 Å². The predicted molar refractivity (Wildman–Crippen MR) is 96.5 cm³/mol. The maximum absolute atomic E-state index is 6.24. The molecule has 3 nitrogen and oxygen atoms in total. The predicted octanol–water partition coefficient (Wildman–Crippen LogP) is 3.40. The lowest BCUT2D eigenvalue weighted by Crippen LogP contribution is -2.38. The zero-order chi connectivity index (χ0) is 15.2. The van der Waals surface area contributed by atoms with Crippen molar-refractivity contribution in [2.45, 2.75) is 51.7 Å². The van der Waals surface area contributed by atoms with Crippen LogP contribution in [0.5, 0.6) is 5.75 Å². The number of rotatable bonds is 2. The van der Waals surface area contributed by atoms with Gasteiger partial charge >= 0.3 is 0 Å². The third-order valence-electron chi connectivity index (χ3n) is 5.75. The van der Waals surface area contributed by atoms with Crippen LogP contribution >= 0.6 is 12.4 Å². The highest BCUT2D eigenvalue weighted by atomic mass is 35.5. The van der Waals surface area contributed by atoms with Gasteiger partial charge < -0.3 is 10.1 Å². The van der Waals surface area contributed by atoms with Gasteiger partial charge in [-0.3, -0.25) is 4.90 Å². The van der Waals surface area contributed by atoms with Crippen LogP contribution in [0.2, 0.25) is 0 Å². The lowest BCUT2D eigenvalue weighted by molar-refractivity contribution is 0.135. The molecule has 0 unspecified atom stereocenters. The third kappa shape index (κ3) is 3.38. The van der Waals surface area contributed by atoms with Crippen LogP contribution in [0, 0.1) is 5.41 Å². The first kappa shape index (κ1) is 17.1. The zero-order valence-electron chi connectivity index (χ0n) is 14.4. The van der Waals surface area contributed by atoms with Crippen LogP contribution in [-0.2, 0) is 13.0 Å². The largest absolute Gasteiger partial charge is 0.487 e. The molecule has 0 radical (unpaired) electrons. The van der Waals surface area contributed by atoms with E-state index in [-0.39, 0.29) is 18.0 Å². The molecule has 0 atom stereocenters. The first-order valence-corrected chi connectivity index (χ1v) is 8.78. The molecule has 2 saturated heterocycles. The molecule has 1 N–H and O–H groups in total. The molecule has 128 valence electrons. The number of para-hydroxylation sites is 1. The molecule has 4 rings (SSSR count). The zero-order valence-corrected chi connectivity index (χ0v) is 15.2. The average Bonchev–Trinajstić information content (AvgIpc) is 3.00. The molecule has 0 saturated carbocycles. The number of nitrogens with zero attached hydrogens (tertiary/aromatic N) is 1. The van der Waals surface area contributed by atoms with Gasteiger partial charge in [0, 0.05) is 25.1 Å². The lowest BCUT2D eigenvalue weighted by Gasteiger charge is -2.34. The highest BCUT2D eigenvalue weighted by Gasteiger charge is 2.39. The van der Waals surface area contributed by atoms with Gasteiger partial charge in [0.15, 0.2) is 0 Å². The van der Waals surface area contributed by atoms with Gasteiger partial charge in [-0.2, -0.15) is 0 Å². The second kappa shape index (κ2) is 6.27. The number of likely N-dealkylation sites (tertiary alicyclic amines) is 1. The van der Waals surface area contributed by atoms with E-state index in [1.54, 1.807) is 0 Å². The minimum absolute atomic E-state index is 0. The molecule has 1 aromatic rings. The van der Waals surface area contributed by atoms with Gasteiger partial charge in [-0.1, -0.05) is 18.2 Å². The SMILES string of the molecule is CC1(C)Cc2cccc(CN3CCC4(CCNCC4)C3)c2O1.Cl. The number of hydrogen-bond donors (Lipinski definition) is 1. The highest BCUT2D eigenvalue weighted by Crippen LogP contribution is 2.41. The van der Waals surface area contributed by atoms with Crippen molar-refractivity contribution in [3.8, 4) is 5.75 Å². The molecule has 0 aromatic heterocycles. The fourth-order valence-corrected chi connectivity index (χ4v) is 4.57. The van der Waals surface area contributed by atoms with Gasteiger partial charge in [0.05, 0.1) is 0 Å². The molecule has 3 aliphatic rings. The van der Waals surface area contributed by atoms with E-state index in [1.807, 2.05) is 0 Å².